The van der Waals surface area contributed by atoms with Crippen molar-refractivity contribution >= 4 is 11.9 Å². The zero-order valence-corrected chi connectivity index (χ0v) is 15.9. The molecule has 0 bridgehead atoms. The van der Waals surface area contributed by atoms with Gasteiger partial charge in [0.2, 0.25) is 0 Å². The Morgan fingerprint density at radius 1 is 1.38 bits per heavy atom. The minimum Gasteiger partial charge on any atom is -0.480 e. The maximum absolute atomic E-state index is 12.8. The van der Waals surface area contributed by atoms with Crippen molar-refractivity contribution in [1.29, 1.82) is 0 Å². The van der Waals surface area contributed by atoms with Crippen molar-refractivity contribution < 1.29 is 14.7 Å². The molecule has 2 aliphatic carbocycles. The Morgan fingerprint density at radius 2 is 2.08 bits per heavy atom. The second kappa shape index (κ2) is 7.78. The van der Waals surface area contributed by atoms with Crippen LogP contribution in [0.1, 0.15) is 68.4 Å². The van der Waals surface area contributed by atoms with Gasteiger partial charge in [-0.15, -0.1) is 0 Å². The van der Waals surface area contributed by atoms with Crippen molar-refractivity contribution in [3.05, 3.63) is 17.5 Å². The first kappa shape index (κ1) is 18.9. The first-order valence-electron chi connectivity index (χ1n) is 9.71. The number of rotatable bonds is 9. The standard InChI is InChI=1S/C19H30N4O3/c1-4-22(11-17(24)25)15-7-14(8-15)21-19(26)16-9-20-23(10-12(2)3)18(16)13-5-6-13/h9,12-15H,4-8,10-11H2,1-3H3,(H,21,26)(H,24,25). The van der Waals surface area contributed by atoms with Gasteiger partial charge in [-0.25, -0.2) is 0 Å². The lowest BCUT2D eigenvalue weighted by molar-refractivity contribution is -0.139. The number of carbonyl (C=O) groups excluding carboxylic acids is 1. The Morgan fingerprint density at radius 3 is 2.62 bits per heavy atom. The van der Waals surface area contributed by atoms with Crippen molar-refractivity contribution in [3.63, 3.8) is 0 Å². The minimum atomic E-state index is -0.800. The molecule has 26 heavy (non-hydrogen) atoms. The minimum absolute atomic E-state index is 0.0355. The Bertz CT molecular complexity index is 660. The summed E-state index contributed by atoms with van der Waals surface area (Å²) in [6.45, 7) is 7.90. The van der Waals surface area contributed by atoms with Crippen molar-refractivity contribution in [2.45, 2.75) is 71.0 Å². The molecular weight excluding hydrogens is 332 g/mol. The van der Waals surface area contributed by atoms with Crippen molar-refractivity contribution in [2.75, 3.05) is 13.1 Å². The van der Waals surface area contributed by atoms with Crippen LogP contribution in [0.3, 0.4) is 0 Å². The van der Waals surface area contributed by atoms with Crippen molar-refractivity contribution in [3.8, 4) is 0 Å². The van der Waals surface area contributed by atoms with E-state index in [9.17, 15) is 9.59 Å². The van der Waals surface area contributed by atoms with E-state index >= 15 is 0 Å². The van der Waals surface area contributed by atoms with Gasteiger partial charge in [0, 0.05) is 24.5 Å². The van der Waals surface area contributed by atoms with Crippen LogP contribution in [0.25, 0.3) is 0 Å². The zero-order valence-electron chi connectivity index (χ0n) is 15.9. The van der Waals surface area contributed by atoms with Gasteiger partial charge in [0.25, 0.3) is 5.91 Å². The second-order valence-electron chi connectivity index (χ2n) is 8.05. The SMILES string of the molecule is CCN(CC(=O)O)C1CC(NC(=O)c2cnn(CC(C)C)c2C2CC2)C1. The number of carboxylic acids is 1. The molecule has 1 heterocycles. The highest BCUT2D eigenvalue weighted by Crippen LogP contribution is 2.42. The van der Waals surface area contributed by atoms with Crippen LogP contribution in [0.2, 0.25) is 0 Å². The van der Waals surface area contributed by atoms with Gasteiger partial charge < -0.3 is 10.4 Å². The van der Waals surface area contributed by atoms with Crippen LogP contribution < -0.4 is 5.32 Å². The van der Waals surface area contributed by atoms with Crippen LogP contribution in [0, 0.1) is 5.92 Å². The molecule has 0 atom stereocenters. The van der Waals surface area contributed by atoms with E-state index in [4.69, 9.17) is 5.11 Å². The summed E-state index contributed by atoms with van der Waals surface area (Å²) < 4.78 is 2.01. The second-order valence-corrected chi connectivity index (χ2v) is 8.05. The molecule has 3 rings (SSSR count). The number of aliphatic carboxylic acids is 1. The highest BCUT2D eigenvalue weighted by atomic mass is 16.4. The van der Waals surface area contributed by atoms with E-state index in [1.807, 2.05) is 16.5 Å². The number of amides is 1. The number of carboxylic acid groups (broad SMARTS) is 1. The molecule has 2 saturated carbocycles. The summed E-state index contributed by atoms with van der Waals surface area (Å²) in [5.74, 6) is 0.125. The van der Waals surface area contributed by atoms with Gasteiger partial charge in [-0.05, 0) is 38.1 Å². The van der Waals surface area contributed by atoms with Crippen molar-refractivity contribution in [2.24, 2.45) is 5.92 Å². The molecule has 0 radical (unpaired) electrons. The molecule has 7 nitrogen and oxygen atoms in total. The number of aromatic nitrogens is 2. The van der Waals surface area contributed by atoms with Crippen molar-refractivity contribution in [1.82, 2.24) is 20.0 Å². The molecule has 0 unspecified atom stereocenters. The average molecular weight is 362 g/mol. The molecular formula is C19H30N4O3. The monoisotopic (exact) mass is 362 g/mol. The summed E-state index contributed by atoms with van der Waals surface area (Å²) in [5.41, 5.74) is 1.81. The molecule has 0 aromatic carbocycles. The summed E-state index contributed by atoms with van der Waals surface area (Å²) in [6, 6.07) is 0.365. The molecule has 1 aromatic heterocycles. The summed E-state index contributed by atoms with van der Waals surface area (Å²) in [5, 5.41) is 16.6. The fourth-order valence-electron chi connectivity index (χ4n) is 3.79. The molecule has 2 N–H and O–H groups in total. The normalized spacial score (nSPS) is 22.5. The zero-order chi connectivity index (χ0) is 18.8. The third-order valence-corrected chi connectivity index (χ3v) is 5.34. The van der Waals surface area contributed by atoms with Crippen LogP contribution in [-0.4, -0.2) is 56.8 Å². The van der Waals surface area contributed by atoms with Gasteiger partial charge in [-0.3, -0.25) is 19.2 Å². The first-order chi connectivity index (χ1) is 12.4. The van der Waals surface area contributed by atoms with E-state index in [1.54, 1.807) is 6.20 Å². The molecule has 7 heteroatoms. The number of hydrogen-bond acceptors (Lipinski definition) is 4. The predicted octanol–water partition coefficient (Wildman–Crippen LogP) is 2.08. The number of carbonyl (C=O) groups is 2. The molecule has 0 spiro atoms. The third kappa shape index (κ3) is 4.26. The van der Waals surface area contributed by atoms with E-state index in [1.165, 1.54) is 0 Å². The fraction of sp³-hybridized carbons (Fsp3) is 0.737. The maximum Gasteiger partial charge on any atom is 0.317 e. The lowest BCUT2D eigenvalue weighted by Gasteiger charge is -2.42. The van der Waals surface area contributed by atoms with Crippen LogP contribution in [0.4, 0.5) is 0 Å². The molecule has 0 saturated heterocycles. The van der Waals surface area contributed by atoms with Gasteiger partial charge in [0.1, 0.15) is 0 Å². The molecule has 0 aliphatic heterocycles. The maximum atomic E-state index is 12.8. The Balaban J connectivity index is 1.58. The Hall–Kier alpha value is -1.89. The van der Waals surface area contributed by atoms with Gasteiger partial charge in [-0.1, -0.05) is 20.8 Å². The van der Waals surface area contributed by atoms with E-state index < -0.39 is 5.97 Å². The lowest BCUT2D eigenvalue weighted by Crippen LogP contribution is -2.54. The summed E-state index contributed by atoms with van der Waals surface area (Å²) >= 11 is 0. The number of nitrogens with one attached hydrogen (secondary N) is 1. The smallest absolute Gasteiger partial charge is 0.317 e. The Kier molecular flexibility index (Phi) is 5.65. The van der Waals surface area contributed by atoms with Gasteiger partial charge in [0.05, 0.1) is 24.0 Å². The average Bonchev–Trinajstić information content (AvgIpc) is 3.28. The number of nitrogens with zero attached hydrogens (tertiary/aromatic N) is 3. The van der Waals surface area contributed by atoms with Gasteiger partial charge >= 0.3 is 5.97 Å². The third-order valence-electron chi connectivity index (χ3n) is 5.34. The molecule has 1 amide bonds. The highest BCUT2D eigenvalue weighted by molar-refractivity contribution is 5.95. The Labute approximate surface area is 154 Å². The first-order valence-corrected chi connectivity index (χ1v) is 9.71. The van der Waals surface area contributed by atoms with Crippen LogP contribution >= 0.6 is 0 Å². The summed E-state index contributed by atoms with van der Waals surface area (Å²) in [4.78, 5) is 25.6. The quantitative estimate of drug-likeness (QED) is 0.702. The van der Waals surface area contributed by atoms with E-state index in [0.29, 0.717) is 18.4 Å². The van der Waals surface area contributed by atoms with Gasteiger partial charge in [0.15, 0.2) is 0 Å². The topological polar surface area (TPSA) is 87.5 Å². The van der Waals surface area contributed by atoms with E-state index in [0.717, 1.165) is 43.5 Å². The highest BCUT2D eigenvalue weighted by Gasteiger charge is 2.37. The van der Waals surface area contributed by atoms with Gasteiger partial charge in [-0.2, -0.15) is 5.10 Å². The molecule has 1 aromatic rings. The largest absolute Gasteiger partial charge is 0.480 e. The molecule has 2 aliphatic rings. The molecule has 2 fully saturated rings. The van der Waals surface area contributed by atoms with Crippen LogP contribution in [-0.2, 0) is 11.3 Å². The molecule has 144 valence electrons. The predicted molar refractivity (Wildman–Crippen MR) is 98.2 cm³/mol. The van der Waals surface area contributed by atoms with Crippen LogP contribution in [0.15, 0.2) is 6.20 Å². The van der Waals surface area contributed by atoms with E-state index in [2.05, 4.69) is 24.3 Å². The number of hydrogen-bond donors (Lipinski definition) is 2. The summed E-state index contributed by atoms with van der Waals surface area (Å²) in [6.07, 6.45) is 5.61. The number of likely N-dealkylation sites (N-methyl/N-ethyl adjacent to an activating group) is 1. The lowest BCUT2D eigenvalue weighted by atomic mass is 9.85. The van der Waals surface area contributed by atoms with E-state index in [-0.39, 0.29) is 24.5 Å². The summed E-state index contributed by atoms with van der Waals surface area (Å²) in [7, 11) is 0. The fourth-order valence-corrected chi connectivity index (χ4v) is 3.79. The van der Waals surface area contributed by atoms with Crippen LogP contribution in [0.5, 0.6) is 0 Å².